The van der Waals surface area contributed by atoms with E-state index >= 15 is 0 Å². The first kappa shape index (κ1) is 28.8. The van der Waals surface area contributed by atoms with E-state index in [1.165, 1.54) is 0 Å². The maximum atomic E-state index is 12.6. The van der Waals surface area contributed by atoms with Crippen molar-refractivity contribution in [2.24, 2.45) is 0 Å². The zero-order chi connectivity index (χ0) is 27.9. The first-order valence-electron chi connectivity index (χ1n) is 13.8. The lowest BCUT2D eigenvalue weighted by Gasteiger charge is -2.37. The average Bonchev–Trinajstić information content (AvgIpc) is 3.29. The van der Waals surface area contributed by atoms with E-state index in [2.05, 4.69) is 15.1 Å². The minimum Gasteiger partial charge on any atom is -0.465 e. The number of piperazine rings is 1. The molecule has 0 bridgehead atoms. The van der Waals surface area contributed by atoms with Crippen LogP contribution in [0, 0.1) is 5.41 Å². The van der Waals surface area contributed by atoms with Crippen molar-refractivity contribution in [2.45, 2.75) is 58.2 Å². The third kappa shape index (κ3) is 7.46. The van der Waals surface area contributed by atoms with E-state index in [1.807, 2.05) is 13.8 Å². The van der Waals surface area contributed by atoms with E-state index < -0.39 is 12.2 Å². The highest BCUT2D eigenvalue weighted by atomic mass is 16.7. The molecule has 0 saturated carbocycles. The first-order valence-corrected chi connectivity index (χ1v) is 13.8. The molecule has 12 nitrogen and oxygen atoms in total. The van der Waals surface area contributed by atoms with Gasteiger partial charge in [-0.15, -0.1) is 5.06 Å². The predicted molar refractivity (Wildman–Crippen MR) is 145 cm³/mol. The number of nitrogens with one attached hydrogen (secondary N) is 2. The van der Waals surface area contributed by atoms with Gasteiger partial charge in [0.25, 0.3) is 0 Å². The SMILES string of the molecule is CCOC(=O)C(C)N1CCN(CC2CN(c3ccc(C(=N)NC(=O)ON4CCCCC4C)cc3)C(=O)O2)CC1. The second-order valence-corrected chi connectivity index (χ2v) is 10.3. The third-order valence-electron chi connectivity index (χ3n) is 7.56. The lowest BCUT2D eigenvalue weighted by molar-refractivity contribution is -0.149. The molecule has 214 valence electrons. The molecule has 3 saturated heterocycles. The maximum absolute atomic E-state index is 12.6. The summed E-state index contributed by atoms with van der Waals surface area (Å²) in [5, 5.41) is 12.4. The summed E-state index contributed by atoms with van der Waals surface area (Å²) in [4.78, 5) is 48.2. The van der Waals surface area contributed by atoms with Crippen molar-refractivity contribution in [3.8, 4) is 0 Å². The second kappa shape index (κ2) is 13.2. The monoisotopic (exact) mass is 544 g/mol. The number of amidine groups is 1. The number of piperidine rings is 1. The lowest BCUT2D eigenvalue weighted by Crippen LogP contribution is -2.53. The lowest BCUT2D eigenvalue weighted by atomic mass is 10.1. The van der Waals surface area contributed by atoms with Crippen LogP contribution in [0.25, 0.3) is 0 Å². The summed E-state index contributed by atoms with van der Waals surface area (Å²) in [7, 11) is 0. The van der Waals surface area contributed by atoms with Gasteiger partial charge in [0.05, 0.1) is 13.2 Å². The highest BCUT2D eigenvalue weighted by Crippen LogP contribution is 2.23. The number of hydrogen-bond donors (Lipinski definition) is 2. The van der Waals surface area contributed by atoms with Crippen molar-refractivity contribution >= 4 is 29.7 Å². The molecule has 0 spiro atoms. The second-order valence-electron chi connectivity index (χ2n) is 10.3. The third-order valence-corrected chi connectivity index (χ3v) is 7.56. The number of carbonyl (C=O) groups is 3. The Kier molecular flexibility index (Phi) is 9.76. The standard InChI is InChI=1S/C27H40N6O6/c1-4-37-25(34)20(3)31-15-13-30(14-16-31)17-23-18-32(27(36)38-23)22-10-8-21(9-11-22)24(28)29-26(35)39-33-12-6-5-7-19(33)2/h8-11,19-20,23H,4-7,12-18H2,1-3H3,(H2,28,29,35). The number of amides is 2. The fourth-order valence-corrected chi connectivity index (χ4v) is 5.18. The maximum Gasteiger partial charge on any atom is 0.431 e. The van der Waals surface area contributed by atoms with Gasteiger partial charge in [-0.3, -0.25) is 30.2 Å². The Morgan fingerprint density at radius 2 is 1.85 bits per heavy atom. The normalized spacial score (nSPS) is 23.7. The van der Waals surface area contributed by atoms with E-state index in [9.17, 15) is 14.4 Å². The molecule has 2 N–H and O–H groups in total. The van der Waals surface area contributed by atoms with Crippen molar-refractivity contribution in [3.63, 3.8) is 0 Å². The smallest absolute Gasteiger partial charge is 0.431 e. The van der Waals surface area contributed by atoms with Gasteiger partial charge < -0.3 is 14.3 Å². The van der Waals surface area contributed by atoms with Gasteiger partial charge in [0.2, 0.25) is 0 Å². The molecule has 3 unspecified atom stereocenters. The average molecular weight is 545 g/mol. The molecule has 39 heavy (non-hydrogen) atoms. The number of rotatable bonds is 8. The van der Waals surface area contributed by atoms with Crippen LogP contribution >= 0.6 is 0 Å². The first-order chi connectivity index (χ1) is 18.7. The van der Waals surface area contributed by atoms with Crippen LogP contribution in [-0.2, 0) is 19.1 Å². The van der Waals surface area contributed by atoms with Crippen molar-refractivity contribution in [2.75, 3.05) is 57.3 Å². The Morgan fingerprint density at radius 3 is 2.51 bits per heavy atom. The van der Waals surface area contributed by atoms with E-state index in [4.69, 9.17) is 19.7 Å². The number of hydrogen-bond acceptors (Lipinski definition) is 10. The van der Waals surface area contributed by atoms with Gasteiger partial charge in [-0.1, -0.05) is 6.42 Å². The zero-order valence-corrected chi connectivity index (χ0v) is 23.1. The molecule has 4 rings (SSSR count). The minimum absolute atomic E-state index is 0.0745. The molecule has 0 aromatic heterocycles. The van der Waals surface area contributed by atoms with Crippen molar-refractivity contribution in [1.29, 1.82) is 5.41 Å². The summed E-state index contributed by atoms with van der Waals surface area (Å²) in [5.74, 6) is -0.273. The van der Waals surface area contributed by atoms with Gasteiger partial charge in [0, 0.05) is 56.6 Å². The Balaban J connectivity index is 1.23. The van der Waals surface area contributed by atoms with E-state index in [-0.39, 0.29) is 30.0 Å². The number of esters is 1. The van der Waals surface area contributed by atoms with Gasteiger partial charge in [0.15, 0.2) is 0 Å². The summed E-state index contributed by atoms with van der Waals surface area (Å²) >= 11 is 0. The van der Waals surface area contributed by atoms with Crippen LogP contribution in [0.5, 0.6) is 0 Å². The van der Waals surface area contributed by atoms with Gasteiger partial charge >= 0.3 is 18.2 Å². The quantitative estimate of drug-likeness (QED) is 0.288. The summed E-state index contributed by atoms with van der Waals surface area (Å²) < 4.78 is 10.8. The Bertz CT molecular complexity index is 1030. The van der Waals surface area contributed by atoms with Crippen LogP contribution < -0.4 is 10.2 Å². The van der Waals surface area contributed by atoms with E-state index in [0.717, 1.165) is 45.4 Å². The van der Waals surface area contributed by atoms with Crippen LogP contribution in [0.2, 0.25) is 0 Å². The Hall–Kier alpha value is -3.22. The molecular formula is C27H40N6O6. The molecule has 2 amide bonds. The molecule has 12 heteroatoms. The molecule has 0 radical (unpaired) electrons. The summed E-state index contributed by atoms with van der Waals surface area (Å²) in [5.41, 5.74) is 1.17. The summed E-state index contributed by atoms with van der Waals surface area (Å²) in [6, 6.07) is 6.74. The minimum atomic E-state index is -0.681. The Labute approximate surface area is 229 Å². The van der Waals surface area contributed by atoms with Crippen molar-refractivity contribution in [3.05, 3.63) is 29.8 Å². The van der Waals surface area contributed by atoms with Crippen LogP contribution in [-0.4, -0.2) is 109 Å². The summed E-state index contributed by atoms with van der Waals surface area (Å²) in [6.07, 6.45) is 1.71. The Morgan fingerprint density at radius 1 is 1.13 bits per heavy atom. The van der Waals surface area contributed by atoms with Crippen LogP contribution in [0.15, 0.2) is 24.3 Å². The van der Waals surface area contributed by atoms with Crippen LogP contribution in [0.3, 0.4) is 0 Å². The molecule has 1 aromatic carbocycles. The van der Waals surface area contributed by atoms with Crippen molar-refractivity contribution in [1.82, 2.24) is 20.2 Å². The van der Waals surface area contributed by atoms with Gasteiger partial charge in [-0.2, -0.15) is 0 Å². The molecule has 3 fully saturated rings. The van der Waals surface area contributed by atoms with Gasteiger partial charge in [0.1, 0.15) is 18.0 Å². The topological polar surface area (TPSA) is 128 Å². The number of hydroxylamine groups is 2. The van der Waals surface area contributed by atoms with E-state index in [1.54, 1.807) is 41.2 Å². The molecule has 3 aliphatic heterocycles. The number of carbonyl (C=O) groups excluding carboxylic acids is 3. The molecule has 1 aromatic rings. The van der Waals surface area contributed by atoms with E-state index in [0.29, 0.717) is 37.5 Å². The fraction of sp³-hybridized carbons (Fsp3) is 0.630. The molecular weight excluding hydrogens is 504 g/mol. The predicted octanol–water partition coefficient (Wildman–Crippen LogP) is 2.42. The highest BCUT2D eigenvalue weighted by molar-refractivity contribution is 6.04. The molecule has 3 heterocycles. The van der Waals surface area contributed by atoms with Gasteiger partial charge in [-0.25, -0.2) is 9.59 Å². The summed E-state index contributed by atoms with van der Waals surface area (Å²) in [6.45, 7) is 10.8. The zero-order valence-electron chi connectivity index (χ0n) is 23.1. The van der Waals surface area contributed by atoms with Crippen LogP contribution in [0.4, 0.5) is 15.3 Å². The largest absolute Gasteiger partial charge is 0.465 e. The molecule has 3 aliphatic rings. The fourth-order valence-electron chi connectivity index (χ4n) is 5.18. The van der Waals surface area contributed by atoms with Crippen molar-refractivity contribution < 1.29 is 28.7 Å². The number of cyclic esters (lactones) is 1. The number of anilines is 1. The number of benzene rings is 1. The van der Waals surface area contributed by atoms with Gasteiger partial charge in [-0.05, 0) is 57.9 Å². The highest BCUT2D eigenvalue weighted by Gasteiger charge is 2.35. The number of ether oxygens (including phenoxy) is 2. The molecule has 0 aliphatic carbocycles. The van der Waals surface area contributed by atoms with Crippen LogP contribution in [0.1, 0.15) is 45.6 Å². The number of nitrogens with zero attached hydrogens (tertiary/aromatic N) is 4. The molecule has 3 atom stereocenters.